The van der Waals surface area contributed by atoms with Gasteiger partial charge in [0.15, 0.2) is 11.5 Å². The molecule has 0 unspecified atom stereocenters. The van der Waals surface area contributed by atoms with E-state index in [1.165, 1.54) is 7.11 Å². The second-order valence-corrected chi connectivity index (χ2v) is 6.36. The Morgan fingerprint density at radius 3 is 2.82 bits per heavy atom. The van der Waals surface area contributed by atoms with E-state index in [1.807, 2.05) is 18.2 Å². The third-order valence-corrected chi connectivity index (χ3v) is 4.31. The fraction of sp³-hybridized carbons (Fsp3) is 0.100. The number of carbonyl (C=O) groups is 1. The zero-order chi connectivity index (χ0) is 19.5. The number of halogens is 1. The smallest absolute Gasteiger partial charge is 0.255 e. The summed E-state index contributed by atoms with van der Waals surface area (Å²) in [5.74, 6) is 2.08. The first-order valence-electron chi connectivity index (χ1n) is 8.40. The number of anilines is 3. The molecule has 2 N–H and O–H groups in total. The molecule has 1 aliphatic heterocycles. The van der Waals surface area contributed by atoms with Gasteiger partial charge >= 0.3 is 0 Å². The van der Waals surface area contributed by atoms with Gasteiger partial charge in [0, 0.05) is 28.5 Å². The summed E-state index contributed by atoms with van der Waals surface area (Å²) in [6, 6.07) is 13.8. The molecule has 28 heavy (non-hydrogen) atoms. The van der Waals surface area contributed by atoms with Gasteiger partial charge in [-0.25, -0.2) is 4.98 Å². The van der Waals surface area contributed by atoms with Crippen molar-refractivity contribution in [2.45, 2.75) is 0 Å². The number of ether oxygens (including phenoxy) is 3. The number of hydrogen-bond donors (Lipinski definition) is 2. The molecule has 2 aromatic carbocycles. The molecular weight excluding hydrogens is 382 g/mol. The first kappa shape index (κ1) is 17.9. The van der Waals surface area contributed by atoms with Crippen LogP contribution in [0.2, 0.25) is 5.02 Å². The summed E-state index contributed by atoms with van der Waals surface area (Å²) in [5.41, 5.74) is 1.69. The number of pyridine rings is 1. The van der Waals surface area contributed by atoms with Crippen molar-refractivity contribution in [1.82, 2.24) is 4.98 Å². The molecule has 0 saturated carbocycles. The first-order valence-corrected chi connectivity index (χ1v) is 8.78. The van der Waals surface area contributed by atoms with Crippen molar-refractivity contribution in [3.8, 4) is 17.2 Å². The van der Waals surface area contributed by atoms with Crippen LogP contribution in [0.4, 0.5) is 17.2 Å². The van der Waals surface area contributed by atoms with Crippen LogP contribution >= 0.6 is 11.6 Å². The minimum absolute atomic E-state index is 0.208. The molecule has 2 heterocycles. The minimum Gasteiger partial charge on any atom is -0.495 e. The number of benzene rings is 2. The van der Waals surface area contributed by atoms with Gasteiger partial charge in [-0.3, -0.25) is 4.79 Å². The van der Waals surface area contributed by atoms with Crippen molar-refractivity contribution in [1.29, 1.82) is 0 Å². The Bertz CT molecular complexity index is 1040. The van der Waals surface area contributed by atoms with E-state index in [0.29, 0.717) is 39.3 Å². The Morgan fingerprint density at radius 1 is 1.11 bits per heavy atom. The standard InChI is InChI=1S/C20H16ClN3O4/c1-26-16-4-2-13(21)9-15(16)24-20(25)12-6-7-22-19(8-12)23-14-3-5-17-18(10-14)28-11-27-17/h2-10H,11H2,1H3,(H,22,23)(H,24,25). The lowest BCUT2D eigenvalue weighted by Gasteiger charge is -2.11. The monoisotopic (exact) mass is 397 g/mol. The molecule has 0 bridgehead atoms. The molecule has 0 radical (unpaired) electrons. The van der Waals surface area contributed by atoms with Gasteiger partial charge < -0.3 is 24.8 Å². The Kier molecular flexibility index (Phi) is 4.90. The average molecular weight is 398 g/mol. The van der Waals surface area contributed by atoms with Gasteiger partial charge in [0.05, 0.1) is 12.8 Å². The van der Waals surface area contributed by atoms with Gasteiger partial charge in [-0.05, 0) is 42.5 Å². The van der Waals surface area contributed by atoms with Gasteiger partial charge in [-0.1, -0.05) is 11.6 Å². The lowest BCUT2D eigenvalue weighted by atomic mass is 10.2. The van der Waals surface area contributed by atoms with Crippen LogP contribution in [-0.2, 0) is 0 Å². The molecule has 3 aromatic rings. The molecule has 4 rings (SSSR count). The zero-order valence-electron chi connectivity index (χ0n) is 14.9. The SMILES string of the molecule is COc1ccc(Cl)cc1NC(=O)c1ccnc(Nc2ccc3c(c2)OCO3)c1. The van der Waals surface area contributed by atoms with E-state index in [0.717, 1.165) is 5.69 Å². The number of carbonyl (C=O) groups excluding carboxylic acids is 1. The molecular formula is C20H16ClN3O4. The Balaban J connectivity index is 1.52. The zero-order valence-corrected chi connectivity index (χ0v) is 15.6. The number of rotatable bonds is 5. The number of aromatic nitrogens is 1. The molecule has 0 aliphatic carbocycles. The Hall–Kier alpha value is -3.45. The van der Waals surface area contributed by atoms with Crippen LogP contribution in [0.15, 0.2) is 54.7 Å². The van der Waals surface area contributed by atoms with Crippen molar-refractivity contribution in [2.75, 3.05) is 24.5 Å². The summed E-state index contributed by atoms with van der Waals surface area (Å²) in [6.45, 7) is 0.208. The van der Waals surface area contributed by atoms with Crippen molar-refractivity contribution in [2.24, 2.45) is 0 Å². The van der Waals surface area contributed by atoms with Crippen molar-refractivity contribution < 1.29 is 19.0 Å². The van der Waals surface area contributed by atoms with Gasteiger partial charge in [0.25, 0.3) is 5.91 Å². The van der Waals surface area contributed by atoms with E-state index in [9.17, 15) is 4.79 Å². The van der Waals surface area contributed by atoms with Gasteiger partial charge in [-0.15, -0.1) is 0 Å². The molecule has 0 atom stereocenters. The van der Waals surface area contributed by atoms with E-state index in [1.54, 1.807) is 36.5 Å². The summed E-state index contributed by atoms with van der Waals surface area (Å²) >= 11 is 6.01. The topological polar surface area (TPSA) is 81.7 Å². The predicted molar refractivity (Wildman–Crippen MR) is 106 cm³/mol. The normalized spacial score (nSPS) is 11.8. The van der Waals surface area contributed by atoms with Crippen LogP contribution in [0.25, 0.3) is 0 Å². The van der Waals surface area contributed by atoms with Crippen LogP contribution in [0, 0.1) is 0 Å². The molecule has 142 valence electrons. The maximum atomic E-state index is 12.6. The fourth-order valence-corrected chi connectivity index (χ4v) is 2.91. The molecule has 0 fully saturated rings. The van der Waals surface area contributed by atoms with Gasteiger partial charge in [-0.2, -0.15) is 0 Å². The molecule has 0 spiro atoms. The van der Waals surface area contributed by atoms with Crippen LogP contribution in [0.3, 0.4) is 0 Å². The largest absolute Gasteiger partial charge is 0.495 e. The van der Waals surface area contributed by atoms with Crippen molar-refractivity contribution >= 4 is 34.7 Å². The van der Waals surface area contributed by atoms with E-state index in [4.69, 9.17) is 25.8 Å². The lowest BCUT2D eigenvalue weighted by molar-refractivity contribution is 0.102. The van der Waals surface area contributed by atoms with E-state index in [2.05, 4.69) is 15.6 Å². The molecule has 1 aliphatic rings. The van der Waals surface area contributed by atoms with Crippen molar-refractivity contribution in [3.05, 3.63) is 65.3 Å². The second-order valence-electron chi connectivity index (χ2n) is 5.92. The highest BCUT2D eigenvalue weighted by Crippen LogP contribution is 2.35. The summed E-state index contributed by atoms with van der Waals surface area (Å²) in [5, 5.41) is 6.45. The van der Waals surface area contributed by atoms with Crippen LogP contribution in [0.5, 0.6) is 17.2 Å². The van der Waals surface area contributed by atoms with Crippen LogP contribution in [-0.4, -0.2) is 24.8 Å². The minimum atomic E-state index is -0.309. The highest BCUT2D eigenvalue weighted by atomic mass is 35.5. The predicted octanol–water partition coefficient (Wildman–Crippen LogP) is 4.47. The van der Waals surface area contributed by atoms with E-state index in [-0.39, 0.29) is 12.7 Å². The number of nitrogens with one attached hydrogen (secondary N) is 2. The number of hydrogen-bond acceptors (Lipinski definition) is 6. The van der Waals surface area contributed by atoms with Crippen molar-refractivity contribution in [3.63, 3.8) is 0 Å². The first-order chi connectivity index (χ1) is 13.6. The maximum absolute atomic E-state index is 12.6. The molecule has 0 saturated heterocycles. The van der Waals surface area contributed by atoms with Gasteiger partial charge in [0.2, 0.25) is 6.79 Å². The number of amides is 1. The average Bonchev–Trinajstić information content (AvgIpc) is 3.16. The molecule has 8 heteroatoms. The van der Waals surface area contributed by atoms with E-state index >= 15 is 0 Å². The Labute approximate surface area is 166 Å². The summed E-state index contributed by atoms with van der Waals surface area (Å²) in [6.07, 6.45) is 1.55. The highest BCUT2D eigenvalue weighted by molar-refractivity contribution is 6.31. The number of fused-ring (bicyclic) bond motifs is 1. The summed E-state index contributed by atoms with van der Waals surface area (Å²) in [7, 11) is 1.53. The van der Waals surface area contributed by atoms with Gasteiger partial charge in [0.1, 0.15) is 11.6 Å². The third kappa shape index (κ3) is 3.79. The van der Waals surface area contributed by atoms with Crippen LogP contribution < -0.4 is 24.8 Å². The summed E-state index contributed by atoms with van der Waals surface area (Å²) in [4.78, 5) is 16.9. The molecule has 7 nitrogen and oxygen atoms in total. The number of methoxy groups -OCH3 is 1. The molecule has 1 aromatic heterocycles. The van der Waals surface area contributed by atoms with Crippen LogP contribution in [0.1, 0.15) is 10.4 Å². The highest BCUT2D eigenvalue weighted by Gasteiger charge is 2.14. The lowest BCUT2D eigenvalue weighted by Crippen LogP contribution is -2.13. The molecule has 1 amide bonds. The Morgan fingerprint density at radius 2 is 1.96 bits per heavy atom. The summed E-state index contributed by atoms with van der Waals surface area (Å²) < 4.78 is 15.9. The maximum Gasteiger partial charge on any atom is 0.255 e. The third-order valence-electron chi connectivity index (χ3n) is 4.08. The number of nitrogens with zero attached hydrogens (tertiary/aromatic N) is 1. The van der Waals surface area contributed by atoms with E-state index < -0.39 is 0 Å². The quantitative estimate of drug-likeness (QED) is 0.661. The second kappa shape index (κ2) is 7.66. The fourth-order valence-electron chi connectivity index (χ4n) is 2.73.